The number of hydrogen-bond acceptors (Lipinski definition) is 1. The Hall–Kier alpha value is -1.50. The van der Waals surface area contributed by atoms with E-state index in [0.29, 0.717) is 0 Å². The Morgan fingerprint density at radius 2 is 2.00 bits per heavy atom. The van der Waals surface area contributed by atoms with E-state index in [2.05, 4.69) is 48.0 Å². The fourth-order valence-electron chi connectivity index (χ4n) is 1.50. The minimum absolute atomic E-state index is 0.967. The molecule has 0 amide bonds. The fourth-order valence-corrected chi connectivity index (χ4v) is 1.50. The van der Waals surface area contributed by atoms with Crippen LogP contribution in [0.1, 0.15) is 5.56 Å². The van der Waals surface area contributed by atoms with Gasteiger partial charge >= 0.3 is 0 Å². The molecule has 1 aliphatic heterocycles. The van der Waals surface area contributed by atoms with Crippen molar-refractivity contribution in [1.29, 1.82) is 0 Å². The van der Waals surface area contributed by atoms with E-state index in [9.17, 15) is 0 Å². The molecule has 0 aromatic heterocycles. The smallest absolute Gasteiger partial charge is 0.0427 e. The van der Waals surface area contributed by atoms with Gasteiger partial charge in [-0.3, -0.25) is 0 Å². The summed E-state index contributed by atoms with van der Waals surface area (Å²) in [5, 5.41) is 0. The zero-order valence-corrected chi connectivity index (χ0v) is 7.61. The number of rotatable bonds is 2. The second kappa shape index (κ2) is 3.48. The van der Waals surface area contributed by atoms with Gasteiger partial charge in [0.15, 0.2) is 0 Å². The molecule has 0 atom stereocenters. The largest absolute Gasteiger partial charge is 0.369 e. The van der Waals surface area contributed by atoms with Crippen LogP contribution < -0.4 is 0 Å². The van der Waals surface area contributed by atoms with E-state index in [1.165, 1.54) is 11.1 Å². The quantitative estimate of drug-likeness (QED) is 0.661. The van der Waals surface area contributed by atoms with Crippen LogP contribution in [0.4, 0.5) is 0 Å². The Kier molecular flexibility index (Phi) is 2.17. The zero-order valence-electron chi connectivity index (χ0n) is 7.61. The molecule has 0 unspecified atom stereocenters. The van der Waals surface area contributed by atoms with Crippen LogP contribution in [0.15, 0.2) is 54.8 Å². The summed E-state index contributed by atoms with van der Waals surface area (Å²) < 4.78 is 0. The molecule has 0 bridgehead atoms. The van der Waals surface area contributed by atoms with Crippen LogP contribution in [0.25, 0.3) is 0 Å². The molecule has 0 spiro atoms. The summed E-state index contributed by atoms with van der Waals surface area (Å²) in [5.41, 5.74) is 2.54. The summed E-state index contributed by atoms with van der Waals surface area (Å²) in [4.78, 5) is 2.26. The van der Waals surface area contributed by atoms with E-state index in [1.807, 2.05) is 6.07 Å². The van der Waals surface area contributed by atoms with E-state index in [1.54, 1.807) is 0 Å². The Labute approximate surface area is 79.0 Å². The molecule has 1 heteroatoms. The molecule has 1 aliphatic rings. The third kappa shape index (κ3) is 2.00. The van der Waals surface area contributed by atoms with Gasteiger partial charge in [0.2, 0.25) is 0 Å². The van der Waals surface area contributed by atoms with E-state index >= 15 is 0 Å². The first-order valence-corrected chi connectivity index (χ1v) is 4.48. The molecule has 0 radical (unpaired) electrons. The summed E-state index contributed by atoms with van der Waals surface area (Å²) in [6.07, 6.45) is 4.18. The van der Waals surface area contributed by atoms with Gasteiger partial charge in [0, 0.05) is 19.3 Å². The lowest BCUT2D eigenvalue weighted by atomic mass is 10.2. The Morgan fingerprint density at radius 1 is 1.23 bits per heavy atom. The second-order valence-corrected chi connectivity index (χ2v) is 3.36. The fraction of sp³-hybridized carbons (Fsp3) is 0.167. The average Bonchev–Trinajstić information content (AvgIpc) is 2.53. The molecule has 66 valence electrons. The minimum Gasteiger partial charge on any atom is -0.369 e. The number of nitrogens with zero attached hydrogens (tertiary/aromatic N) is 1. The Balaban J connectivity index is 2.00. The van der Waals surface area contributed by atoms with Gasteiger partial charge in [-0.1, -0.05) is 36.9 Å². The average molecular weight is 171 g/mol. The van der Waals surface area contributed by atoms with Gasteiger partial charge in [0.25, 0.3) is 0 Å². The molecule has 13 heavy (non-hydrogen) atoms. The summed E-state index contributed by atoms with van der Waals surface area (Å²) in [6, 6.07) is 10.5. The molecule has 0 saturated heterocycles. The van der Waals surface area contributed by atoms with Crippen LogP contribution in [0.3, 0.4) is 0 Å². The normalized spacial score (nSPS) is 15.4. The maximum atomic E-state index is 3.92. The van der Waals surface area contributed by atoms with Gasteiger partial charge in [0.1, 0.15) is 0 Å². The van der Waals surface area contributed by atoms with Crippen molar-refractivity contribution in [3.63, 3.8) is 0 Å². The molecule has 0 saturated carbocycles. The molecule has 1 heterocycles. The van der Waals surface area contributed by atoms with Gasteiger partial charge in [-0.2, -0.15) is 0 Å². The van der Waals surface area contributed by atoms with Crippen molar-refractivity contribution in [3.05, 3.63) is 60.3 Å². The summed E-state index contributed by atoms with van der Waals surface area (Å²) in [5.74, 6) is 0. The molecular weight excluding hydrogens is 158 g/mol. The topological polar surface area (TPSA) is 3.24 Å². The predicted molar refractivity (Wildman–Crippen MR) is 55.1 cm³/mol. The Bertz CT molecular complexity index is 324. The highest BCUT2D eigenvalue weighted by atomic mass is 15.1. The van der Waals surface area contributed by atoms with Crippen molar-refractivity contribution >= 4 is 0 Å². The number of benzene rings is 1. The van der Waals surface area contributed by atoms with Gasteiger partial charge in [-0.15, -0.1) is 0 Å². The highest BCUT2D eigenvalue weighted by Crippen LogP contribution is 2.12. The number of hydrogen-bond donors (Lipinski definition) is 0. The first-order chi connectivity index (χ1) is 6.34. The van der Waals surface area contributed by atoms with Crippen molar-refractivity contribution in [2.24, 2.45) is 0 Å². The van der Waals surface area contributed by atoms with Gasteiger partial charge < -0.3 is 4.90 Å². The summed E-state index contributed by atoms with van der Waals surface area (Å²) in [6.45, 7) is 5.87. The van der Waals surface area contributed by atoms with Crippen LogP contribution in [-0.2, 0) is 6.54 Å². The van der Waals surface area contributed by atoms with E-state index in [4.69, 9.17) is 0 Å². The maximum Gasteiger partial charge on any atom is 0.0427 e. The standard InChI is InChI=1S/C12H13N/c1-11-7-8-13(9-11)10-12-5-3-2-4-6-12/h2-8H,1,9-10H2. The minimum atomic E-state index is 0.967. The van der Waals surface area contributed by atoms with Gasteiger partial charge in [-0.25, -0.2) is 0 Å². The van der Waals surface area contributed by atoms with Crippen molar-refractivity contribution in [3.8, 4) is 0 Å². The third-order valence-electron chi connectivity index (χ3n) is 2.16. The van der Waals surface area contributed by atoms with Crippen molar-refractivity contribution in [1.82, 2.24) is 4.90 Å². The molecule has 2 rings (SSSR count). The molecular formula is C12H13N. The third-order valence-corrected chi connectivity index (χ3v) is 2.16. The Morgan fingerprint density at radius 3 is 2.62 bits per heavy atom. The first kappa shape index (κ1) is 8.11. The van der Waals surface area contributed by atoms with E-state index in [-0.39, 0.29) is 0 Å². The molecule has 1 nitrogen and oxygen atoms in total. The second-order valence-electron chi connectivity index (χ2n) is 3.36. The van der Waals surface area contributed by atoms with Crippen LogP contribution in [0.5, 0.6) is 0 Å². The summed E-state index contributed by atoms with van der Waals surface area (Å²) in [7, 11) is 0. The van der Waals surface area contributed by atoms with Gasteiger partial charge in [-0.05, 0) is 17.2 Å². The predicted octanol–water partition coefficient (Wildman–Crippen LogP) is 2.57. The molecule has 1 aromatic rings. The first-order valence-electron chi connectivity index (χ1n) is 4.48. The van der Waals surface area contributed by atoms with E-state index in [0.717, 1.165) is 13.1 Å². The van der Waals surface area contributed by atoms with Crippen LogP contribution >= 0.6 is 0 Å². The lowest BCUT2D eigenvalue weighted by molar-refractivity contribution is 0.420. The SMILES string of the molecule is C=C1C=CN(Cc2ccccc2)C1. The van der Waals surface area contributed by atoms with Crippen molar-refractivity contribution < 1.29 is 0 Å². The summed E-state index contributed by atoms with van der Waals surface area (Å²) >= 11 is 0. The van der Waals surface area contributed by atoms with Crippen LogP contribution in [0, 0.1) is 0 Å². The molecule has 0 aliphatic carbocycles. The van der Waals surface area contributed by atoms with Crippen LogP contribution in [-0.4, -0.2) is 11.4 Å². The zero-order chi connectivity index (χ0) is 9.10. The van der Waals surface area contributed by atoms with Crippen molar-refractivity contribution in [2.75, 3.05) is 6.54 Å². The lowest BCUT2D eigenvalue weighted by Gasteiger charge is -2.14. The van der Waals surface area contributed by atoms with Gasteiger partial charge in [0.05, 0.1) is 0 Å². The molecule has 1 aromatic carbocycles. The monoisotopic (exact) mass is 171 g/mol. The lowest BCUT2D eigenvalue weighted by Crippen LogP contribution is -2.13. The van der Waals surface area contributed by atoms with Crippen LogP contribution in [0.2, 0.25) is 0 Å². The van der Waals surface area contributed by atoms with E-state index < -0.39 is 0 Å². The molecule has 0 N–H and O–H groups in total. The van der Waals surface area contributed by atoms with Crippen molar-refractivity contribution in [2.45, 2.75) is 6.54 Å². The molecule has 0 fully saturated rings. The highest BCUT2D eigenvalue weighted by Gasteiger charge is 2.06. The highest BCUT2D eigenvalue weighted by molar-refractivity contribution is 5.24. The maximum absolute atomic E-state index is 3.92.